The van der Waals surface area contributed by atoms with Gasteiger partial charge in [0.2, 0.25) is 0 Å². The lowest BCUT2D eigenvalue weighted by Gasteiger charge is -2.36. The van der Waals surface area contributed by atoms with E-state index in [-0.39, 0.29) is 0 Å². The van der Waals surface area contributed by atoms with Crippen molar-refractivity contribution >= 4 is 5.97 Å². The van der Waals surface area contributed by atoms with Crippen molar-refractivity contribution in [1.29, 1.82) is 0 Å². The van der Waals surface area contributed by atoms with Gasteiger partial charge in [-0.2, -0.15) is 0 Å². The number of carboxylic acid groups (broad SMARTS) is 1. The molecule has 0 amide bonds. The molecule has 3 nitrogen and oxygen atoms in total. The molecule has 0 bridgehead atoms. The molecule has 82 valence electrons. The van der Waals surface area contributed by atoms with Gasteiger partial charge >= 0.3 is 5.97 Å². The Morgan fingerprint density at radius 2 is 2.07 bits per heavy atom. The van der Waals surface area contributed by atoms with E-state index >= 15 is 0 Å². The van der Waals surface area contributed by atoms with Crippen LogP contribution in [0.2, 0.25) is 0 Å². The highest BCUT2D eigenvalue weighted by molar-refractivity contribution is 5.78. The molecular weight excluding hydrogens is 178 g/mol. The summed E-state index contributed by atoms with van der Waals surface area (Å²) in [6.45, 7) is 8.02. The standard InChI is InChI=1S/C11H21NO2/c1-4-11(5-2,10(13)14)12-7-6-9(3)8-12/h9H,4-8H2,1-3H3,(H,13,14). The van der Waals surface area contributed by atoms with Gasteiger partial charge in [0.25, 0.3) is 0 Å². The molecule has 0 aliphatic carbocycles. The van der Waals surface area contributed by atoms with Crippen molar-refractivity contribution in [3.63, 3.8) is 0 Å². The lowest BCUT2D eigenvalue weighted by atomic mass is 9.91. The van der Waals surface area contributed by atoms with E-state index in [9.17, 15) is 9.90 Å². The summed E-state index contributed by atoms with van der Waals surface area (Å²) in [5, 5.41) is 9.33. The minimum Gasteiger partial charge on any atom is -0.480 e. The molecule has 1 atom stereocenters. The molecule has 1 N–H and O–H groups in total. The lowest BCUT2D eigenvalue weighted by Crippen LogP contribution is -2.52. The summed E-state index contributed by atoms with van der Waals surface area (Å²) in [4.78, 5) is 13.5. The Morgan fingerprint density at radius 1 is 1.50 bits per heavy atom. The molecule has 14 heavy (non-hydrogen) atoms. The van der Waals surface area contributed by atoms with Crippen LogP contribution in [0.25, 0.3) is 0 Å². The van der Waals surface area contributed by atoms with E-state index in [4.69, 9.17) is 0 Å². The van der Waals surface area contributed by atoms with Crippen LogP contribution in [0.1, 0.15) is 40.0 Å². The number of carboxylic acids is 1. The van der Waals surface area contributed by atoms with E-state index in [1.54, 1.807) is 0 Å². The van der Waals surface area contributed by atoms with Gasteiger partial charge in [0.1, 0.15) is 5.54 Å². The first-order valence-corrected chi connectivity index (χ1v) is 5.55. The van der Waals surface area contributed by atoms with Gasteiger partial charge in [0.15, 0.2) is 0 Å². The molecule has 1 aliphatic heterocycles. The molecule has 0 radical (unpaired) electrons. The molecule has 3 heteroatoms. The third-order valence-corrected chi connectivity index (χ3v) is 3.60. The Hall–Kier alpha value is -0.570. The van der Waals surface area contributed by atoms with Crippen molar-refractivity contribution in [2.45, 2.75) is 45.6 Å². The number of nitrogens with zero attached hydrogens (tertiary/aromatic N) is 1. The van der Waals surface area contributed by atoms with Crippen LogP contribution in [0.3, 0.4) is 0 Å². The summed E-state index contributed by atoms with van der Waals surface area (Å²) < 4.78 is 0. The summed E-state index contributed by atoms with van der Waals surface area (Å²) in [5.41, 5.74) is -0.606. The fourth-order valence-corrected chi connectivity index (χ4v) is 2.46. The lowest BCUT2D eigenvalue weighted by molar-refractivity contribution is -0.151. The van der Waals surface area contributed by atoms with Crippen LogP contribution in [0.4, 0.5) is 0 Å². The Bertz CT molecular complexity index is 211. The molecular formula is C11H21NO2. The number of hydrogen-bond donors (Lipinski definition) is 1. The zero-order valence-corrected chi connectivity index (χ0v) is 9.42. The van der Waals surface area contributed by atoms with E-state index in [1.807, 2.05) is 13.8 Å². The zero-order chi connectivity index (χ0) is 10.8. The van der Waals surface area contributed by atoms with Crippen LogP contribution in [-0.4, -0.2) is 34.6 Å². The summed E-state index contributed by atoms with van der Waals surface area (Å²) in [5.74, 6) is -0.0107. The Kier molecular flexibility index (Phi) is 3.53. The summed E-state index contributed by atoms with van der Waals surface area (Å²) in [6, 6.07) is 0. The molecule has 1 heterocycles. The molecule has 1 rings (SSSR count). The average Bonchev–Trinajstić information content (AvgIpc) is 2.55. The summed E-state index contributed by atoms with van der Waals surface area (Å²) >= 11 is 0. The van der Waals surface area contributed by atoms with Crippen LogP contribution >= 0.6 is 0 Å². The SMILES string of the molecule is CCC(CC)(C(=O)O)N1CCC(C)C1. The molecule has 0 aromatic rings. The van der Waals surface area contributed by atoms with E-state index in [2.05, 4.69) is 11.8 Å². The van der Waals surface area contributed by atoms with Crippen molar-refractivity contribution in [2.75, 3.05) is 13.1 Å². The number of likely N-dealkylation sites (tertiary alicyclic amines) is 1. The van der Waals surface area contributed by atoms with Crippen LogP contribution in [-0.2, 0) is 4.79 Å². The summed E-state index contributed by atoms with van der Waals surface area (Å²) in [6.07, 6.45) is 2.53. The maximum Gasteiger partial charge on any atom is 0.324 e. The van der Waals surface area contributed by atoms with E-state index in [1.165, 1.54) is 0 Å². The fraction of sp³-hybridized carbons (Fsp3) is 0.909. The first-order valence-electron chi connectivity index (χ1n) is 5.55. The molecule has 0 spiro atoms. The van der Waals surface area contributed by atoms with Gasteiger partial charge in [0.05, 0.1) is 0 Å². The minimum atomic E-state index is -0.656. The minimum absolute atomic E-state index is 0.606. The third kappa shape index (κ3) is 1.78. The molecule has 0 saturated carbocycles. The molecule has 1 aliphatic rings. The summed E-state index contributed by atoms with van der Waals surface area (Å²) in [7, 11) is 0. The zero-order valence-electron chi connectivity index (χ0n) is 9.42. The molecule has 0 aromatic heterocycles. The fourth-order valence-electron chi connectivity index (χ4n) is 2.46. The molecule has 1 fully saturated rings. The second kappa shape index (κ2) is 4.30. The maximum absolute atomic E-state index is 11.3. The van der Waals surface area contributed by atoms with Crippen molar-refractivity contribution in [3.8, 4) is 0 Å². The predicted molar refractivity (Wildman–Crippen MR) is 56.3 cm³/mol. The van der Waals surface area contributed by atoms with E-state index < -0.39 is 11.5 Å². The smallest absolute Gasteiger partial charge is 0.324 e. The first kappa shape index (κ1) is 11.5. The van der Waals surface area contributed by atoms with Crippen molar-refractivity contribution in [3.05, 3.63) is 0 Å². The van der Waals surface area contributed by atoms with Gasteiger partial charge in [-0.25, -0.2) is 0 Å². The quantitative estimate of drug-likeness (QED) is 0.752. The van der Waals surface area contributed by atoms with Crippen molar-refractivity contribution in [1.82, 2.24) is 4.90 Å². The Labute approximate surface area is 86.1 Å². The number of aliphatic carboxylic acids is 1. The van der Waals surface area contributed by atoms with Gasteiger partial charge in [-0.1, -0.05) is 20.8 Å². The monoisotopic (exact) mass is 199 g/mol. The van der Waals surface area contributed by atoms with Gasteiger partial charge < -0.3 is 5.11 Å². The predicted octanol–water partition coefficient (Wildman–Crippen LogP) is 1.97. The number of hydrogen-bond acceptors (Lipinski definition) is 2. The number of carbonyl (C=O) groups is 1. The third-order valence-electron chi connectivity index (χ3n) is 3.60. The largest absolute Gasteiger partial charge is 0.480 e. The Morgan fingerprint density at radius 3 is 2.36 bits per heavy atom. The Balaban J connectivity index is 2.81. The van der Waals surface area contributed by atoms with Gasteiger partial charge in [-0.05, 0) is 31.7 Å². The number of rotatable bonds is 4. The molecule has 0 aromatic carbocycles. The van der Waals surface area contributed by atoms with Crippen LogP contribution < -0.4 is 0 Å². The van der Waals surface area contributed by atoms with Gasteiger partial charge in [-0.3, -0.25) is 9.69 Å². The van der Waals surface area contributed by atoms with Gasteiger partial charge in [0, 0.05) is 6.54 Å². The molecule has 1 saturated heterocycles. The van der Waals surface area contributed by atoms with Crippen LogP contribution in [0, 0.1) is 5.92 Å². The van der Waals surface area contributed by atoms with Crippen LogP contribution in [0.15, 0.2) is 0 Å². The normalized spacial score (nSPS) is 24.1. The topological polar surface area (TPSA) is 40.5 Å². The average molecular weight is 199 g/mol. The van der Waals surface area contributed by atoms with Crippen LogP contribution in [0.5, 0.6) is 0 Å². The maximum atomic E-state index is 11.3. The molecule has 1 unspecified atom stereocenters. The van der Waals surface area contributed by atoms with E-state index in [0.29, 0.717) is 18.8 Å². The highest BCUT2D eigenvalue weighted by Gasteiger charge is 2.43. The second-order valence-electron chi connectivity index (χ2n) is 4.38. The van der Waals surface area contributed by atoms with E-state index in [0.717, 1.165) is 19.5 Å². The van der Waals surface area contributed by atoms with Gasteiger partial charge in [-0.15, -0.1) is 0 Å². The highest BCUT2D eigenvalue weighted by Crippen LogP contribution is 2.30. The van der Waals surface area contributed by atoms with Crippen molar-refractivity contribution in [2.24, 2.45) is 5.92 Å². The second-order valence-corrected chi connectivity index (χ2v) is 4.38. The van der Waals surface area contributed by atoms with Crippen molar-refractivity contribution < 1.29 is 9.90 Å². The first-order chi connectivity index (χ1) is 6.56. The highest BCUT2D eigenvalue weighted by atomic mass is 16.4.